The minimum absolute atomic E-state index is 0.141. The van der Waals surface area contributed by atoms with Crippen LogP contribution in [-0.2, 0) is 9.53 Å². The van der Waals surface area contributed by atoms with Gasteiger partial charge >= 0.3 is 5.97 Å². The second kappa shape index (κ2) is 4.87. The summed E-state index contributed by atoms with van der Waals surface area (Å²) in [5.74, 6) is 2.23. The molecule has 10 heavy (non-hydrogen) atoms. The smallest absolute Gasteiger partial charge is 0.305 e. The molecule has 0 aliphatic rings. The summed E-state index contributed by atoms with van der Waals surface area (Å²) >= 11 is 0. The quantitative estimate of drug-likeness (QED) is 0.437. The normalized spacial score (nSPS) is 11.7. The molecule has 0 aliphatic carbocycles. The fraction of sp³-hybridized carbons (Fsp3) is 0.625. The topological polar surface area (TPSA) is 26.3 Å². The zero-order valence-electron chi connectivity index (χ0n) is 6.39. The van der Waals surface area contributed by atoms with E-state index in [1.807, 2.05) is 0 Å². The van der Waals surface area contributed by atoms with Crippen molar-refractivity contribution in [3.8, 4) is 12.3 Å². The highest BCUT2D eigenvalue weighted by molar-refractivity contribution is 5.69. The van der Waals surface area contributed by atoms with E-state index in [2.05, 4.69) is 5.92 Å². The summed E-state index contributed by atoms with van der Waals surface area (Å²) in [5, 5.41) is 0. The van der Waals surface area contributed by atoms with Crippen LogP contribution in [0.25, 0.3) is 0 Å². The van der Waals surface area contributed by atoms with Gasteiger partial charge in [-0.15, -0.1) is 12.3 Å². The molecule has 0 N–H and O–H groups in total. The number of carbonyl (C=O) groups is 1. The van der Waals surface area contributed by atoms with Crippen LogP contribution >= 0.6 is 0 Å². The number of hydrogen-bond acceptors (Lipinski definition) is 2. The first kappa shape index (κ1) is 9.03. The standard InChI is InChI=1S/C8H12O2/c1-4-6-7(3)10-8(9)5-2/h1,7H,5-6H2,2-3H3. The number of carbonyl (C=O) groups excluding carboxylic acids is 1. The van der Waals surface area contributed by atoms with Crippen molar-refractivity contribution in [2.45, 2.75) is 32.8 Å². The summed E-state index contributed by atoms with van der Waals surface area (Å²) in [7, 11) is 0. The Bertz CT molecular complexity index is 144. The molecule has 0 aliphatic heterocycles. The lowest BCUT2D eigenvalue weighted by Crippen LogP contribution is -2.12. The lowest BCUT2D eigenvalue weighted by atomic mass is 10.3. The van der Waals surface area contributed by atoms with Crippen LogP contribution in [-0.4, -0.2) is 12.1 Å². The molecule has 1 unspecified atom stereocenters. The van der Waals surface area contributed by atoms with Gasteiger partial charge < -0.3 is 4.74 Å². The monoisotopic (exact) mass is 140 g/mol. The largest absolute Gasteiger partial charge is 0.462 e. The van der Waals surface area contributed by atoms with E-state index < -0.39 is 0 Å². The highest BCUT2D eigenvalue weighted by Crippen LogP contribution is 1.97. The Balaban J connectivity index is 3.49. The van der Waals surface area contributed by atoms with Crippen molar-refractivity contribution in [2.75, 3.05) is 0 Å². The SMILES string of the molecule is C#CCC(C)OC(=O)CC. The van der Waals surface area contributed by atoms with Crippen LogP contribution in [0.2, 0.25) is 0 Å². The first-order valence-corrected chi connectivity index (χ1v) is 3.33. The Morgan fingerprint density at radius 3 is 2.80 bits per heavy atom. The third-order valence-corrected chi connectivity index (χ3v) is 1.03. The fourth-order valence-corrected chi connectivity index (χ4v) is 0.515. The van der Waals surface area contributed by atoms with Gasteiger partial charge in [0.15, 0.2) is 0 Å². The Kier molecular flexibility index (Phi) is 4.39. The molecule has 0 rings (SSSR count). The summed E-state index contributed by atoms with van der Waals surface area (Å²) < 4.78 is 4.86. The molecule has 1 atom stereocenters. The van der Waals surface area contributed by atoms with Crippen LogP contribution in [0.15, 0.2) is 0 Å². The second-order valence-electron chi connectivity index (χ2n) is 2.06. The zero-order chi connectivity index (χ0) is 7.98. The van der Waals surface area contributed by atoms with E-state index in [-0.39, 0.29) is 12.1 Å². The van der Waals surface area contributed by atoms with E-state index in [4.69, 9.17) is 11.2 Å². The number of ether oxygens (including phenoxy) is 1. The van der Waals surface area contributed by atoms with Crippen LogP contribution in [0.1, 0.15) is 26.7 Å². The average Bonchev–Trinajstić information content (AvgIpc) is 1.88. The Labute approximate surface area is 61.6 Å². The molecule has 2 heteroatoms. The van der Waals surface area contributed by atoms with Gasteiger partial charge in [0.25, 0.3) is 0 Å². The summed E-state index contributed by atoms with van der Waals surface area (Å²) in [6.07, 6.45) is 5.77. The van der Waals surface area contributed by atoms with Gasteiger partial charge in [-0.05, 0) is 6.92 Å². The maximum atomic E-state index is 10.6. The van der Waals surface area contributed by atoms with Gasteiger partial charge in [-0.2, -0.15) is 0 Å². The minimum atomic E-state index is -0.192. The second-order valence-corrected chi connectivity index (χ2v) is 2.06. The Morgan fingerprint density at radius 1 is 1.80 bits per heavy atom. The van der Waals surface area contributed by atoms with Gasteiger partial charge in [-0.1, -0.05) is 6.92 Å². The summed E-state index contributed by atoms with van der Waals surface area (Å²) in [5.41, 5.74) is 0. The van der Waals surface area contributed by atoms with E-state index in [1.165, 1.54) is 0 Å². The molecule has 0 amide bonds. The van der Waals surface area contributed by atoms with Crippen molar-refractivity contribution in [1.29, 1.82) is 0 Å². The van der Waals surface area contributed by atoms with Gasteiger partial charge in [0.2, 0.25) is 0 Å². The molecule has 0 fully saturated rings. The molecular weight excluding hydrogens is 128 g/mol. The van der Waals surface area contributed by atoms with Gasteiger partial charge in [0, 0.05) is 12.8 Å². The molecule has 0 aromatic carbocycles. The molecule has 0 radical (unpaired) electrons. The molecule has 0 aromatic heterocycles. The molecule has 0 bridgehead atoms. The molecule has 0 saturated carbocycles. The number of rotatable bonds is 3. The van der Waals surface area contributed by atoms with Gasteiger partial charge in [-0.25, -0.2) is 0 Å². The van der Waals surface area contributed by atoms with Gasteiger partial charge in [-0.3, -0.25) is 4.79 Å². The maximum absolute atomic E-state index is 10.6. The predicted molar refractivity (Wildman–Crippen MR) is 39.3 cm³/mol. The molecule has 0 heterocycles. The number of terminal acetylenes is 1. The Morgan fingerprint density at radius 2 is 2.40 bits per heavy atom. The lowest BCUT2D eigenvalue weighted by molar-refractivity contribution is -0.147. The van der Waals surface area contributed by atoms with E-state index in [0.29, 0.717) is 12.8 Å². The lowest BCUT2D eigenvalue weighted by Gasteiger charge is -2.07. The first-order chi connectivity index (χ1) is 4.70. The van der Waals surface area contributed by atoms with Crippen molar-refractivity contribution >= 4 is 5.97 Å². The van der Waals surface area contributed by atoms with Crippen LogP contribution in [0.5, 0.6) is 0 Å². The zero-order valence-corrected chi connectivity index (χ0v) is 6.39. The number of esters is 1. The minimum Gasteiger partial charge on any atom is -0.462 e. The highest BCUT2D eigenvalue weighted by atomic mass is 16.5. The van der Waals surface area contributed by atoms with Crippen molar-refractivity contribution in [3.63, 3.8) is 0 Å². The van der Waals surface area contributed by atoms with Crippen LogP contribution in [0.3, 0.4) is 0 Å². The van der Waals surface area contributed by atoms with Crippen LogP contribution < -0.4 is 0 Å². The van der Waals surface area contributed by atoms with E-state index >= 15 is 0 Å². The van der Waals surface area contributed by atoms with E-state index in [9.17, 15) is 4.79 Å². The van der Waals surface area contributed by atoms with Crippen LogP contribution in [0.4, 0.5) is 0 Å². The third-order valence-electron chi connectivity index (χ3n) is 1.03. The van der Waals surface area contributed by atoms with E-state index in [1.54, 1.807) is 13.8 Å². The van der Waals surface area contributed by atoms with Gasteiger partial charge in [0.1, 0.15) is 6.10 Å². The van der Waals surface area contributed by atoms with Crippen molar-refractivity contribution in [2.24, 2.45) is 0 Å². The van der Waals surface area contributed by atoms with Crippen molar-refractivity contribution < 1.29 is 9.53 Å². The predicted octanol–water partition coefficient (Wildman–Crippen LogP) is 1.35. The molecule has 0 aromatic rings. The Hall–Kier alpha value is -0.970. The number of hydrogen-bond donors (Lipinski definition) is 0. The molecule has 2 nitrogen and oxygen atoms in total. The van der Waals surface area contributed by atoms with Gasteiger partial charge in [0.05, 0.1) is 0 Å². The first-order valence-electron chi connectivity index (χ1n) is 3.33. The summed E-state index contributed by atoms with van der Waals surface area (Å²) in [6.45, 7) is 3.54. The average molecular weight is 140 g/mol. The molecular formula is C8H12O2. The highest BCUT2D eigenvalue weighted by Gasteiger charge is 2.04. The maximum Gasteiger partial charge on any atom is 0.305 e. The summed E-state index contributed by atoms with van der Waals surface area (Å²) in [6, 6.07) is 0. The van der Waals surface area contributed by atoms with Crippen molar-refractivity contribution in [3.05, 3.63) is 0 Å². The van der Waals surface area contributed by atoms with Crippen molar-refractivity contribution in [1.82, 2.24) is 0 Å². The molecule has 0 spiro atoms. The summed E-state index contributed by atoms with van der Waals surface area (Å²) in [4.78, 5) is 10.6. The van der Waals surface area contributed by atoms with E-state index in [0.717, 1.165) is 0 Å². The molecule has 0 saturated heterocycles. The molecule has 56 valence electrons. The van der Waals surface area contributed by atoms with Crippen LogP contribution in [0, 0.1) is 12.3 Å². The fourth-order valence-electron chi connectivity index (χ4n) is 0.515. The third kappa shape index (κ3) is 3.96.